The number of piperidine rings is 1. The summed E-state index contributed by atoms with van der Waals surface area (Å²) in [6.45, 7) is 5.39. The van der Waals surface area contributed by atoms with Gasteiger partial charge in [0.25, 0.3) is 0 Å². The lowest BCUT2D eigenvalue weighted by atomic mass is 10.0. The molecule has 6 nitrogen and oxygen atoms in total. The van der Waals surface area contributed by atoms with Gasteiger partial charge in [-0.25, -0.2) is 9.97 Å². The van der Waals surface area contributed by atoms with Crippen LogP contribution in [-0.4, -0.2) is 33.9 Å². The Hall–Kier alpha value is -3.38. The van der Waals surface area contributed by atoms with Gasteiger partial charge in [0.2, 0.25) is 5.95 Å². The van der Waals surface area contributed by atoms with E-state index in [1.54, 1.807) is 18.3 Å². The van der Waals surface area contributed by atoms with Crippen molar-refractivity contribution in [1.82, 2.24) is 9.97 Å². The number of phenols is 1. The third kappa shape index (κ3) is 5.08. The van der Waals surface area contributed by atoms with Crippen LogP contribution in [0.5, 0.6) is 5.75 Å². The average Bonchev–Trinajstić information content (AvgIpc) is 2.82. The molecule has 4 rings (SSSR count). The van der Waals surface area contributed by atoms with E-state index in [4.69, 9.17) is 11.6 Å². The first-order valence-corrected chi connectivity index (χ1v) is 11.0. The zero-order chi connectivity index (χ0) is 22.5. The SMILES string of the molecule is C=CC(=O)Cc1cccc(-c2nc(Nc3ccc(O)c(N4CCCCC4)c3)ncc2Cl)c1. The molecule has 0 saturated carbocycles. The van der Waals surface area contributed by atoms with Gasteiger partial charge < -0.3 is 15.3 Å². The Kier molecular flexibility index (Phi) is 6.71. The fourth-order valence-electron chi connectivity index (χ4n) is 3.85. The van der Waals surface area contributed by atoms with E-state index in [1.165, 1.54) is 12.5 Å². The summed E-state index contributed by atoms with van der Waals surface area (Å²) in [5, 5.41) is 14.0. The van der Waals surface area contributed by atoms with Gasteiger partial charge in [0.05, 0.1) is 22.6 Å². The van der Waals surface area contributed by atoms with E-state index in [0.717, 1.165) is 48.4 Å². The minimum absolute atomic E-state index is 0.0462. The summed E-state index contributed by atoms with van der Waals surface area (Å²) in [6, 6.07) is 12.9. The van der Waals surface area contributed by atoms with Crippen molar-refractivity contribution in [1.29, 1.82) is 0 Å². The van der Waals surface area contributed by atoms with E-state index in [2.05, 4.69) is 26.8 Å². The number of carbonyl (C=O) groups excluding carboxylic acids is 1. The number of nitrogens with zero attached hydrogens (tertiary/aromatic N) is 3. The van der Waals surface area contributed by atoms with Crippen LogP contribution in [0.15, 0.2) is 61.3 Å². The van der Waals surface area contributed by atoms with Gasteiger partial charge in [0, 0.05) is 30.8 Å². The standard InChI is InChI=1S/C25H25ClN4O2/c1-2-20(31)14-17-7-6-8-18(13-17)24-21(26)16-27-25(29-24)28-19-9-10-23(32)22(15-19)30-11-4-3-5-12-30/h2,6-10,13,15-16,32H,1,3-5,11-12,14H2,(H,27,28,29). The lowest BCUT2D eigenvalue weighted by Crippen LogP contribution is -2.29. The van der Waals surface area contributed by atoms with Gasteiger partial charge in [0.1, 0.15) is 5.75 Å². The zero-order valence-electron chi connectivity index (χ0n) is 17.7. The van der Waals surface area contributed by atoms with E-state index in [9.17, 15) is 9.90 Å². The highest BCUT2D eigenvalue weighted by molar-refractivity contribution is 6.32. The fraction of sp³-hybridized carbons (Fsp3) is 0.240. The Morgan fingerprint density at radius 2 is 2.00 bits per heavy atom. The predicted molar refractivity (Wildman–Crippen MR) is 129 cm³/mol. The minimum atomic E-state index is -0.0462. The van der Waals surface area contributed by atoms with Crippen molar-refractivity contribution in [2.24, 2.45) is 0 Å². The van der Waals surface area contributed by atoms with Gasteiger partial charge in [0.15, 0.2) is 5.78 Å². The molecule has 32 heavy (non-hydrogen) atoms. The van der Waals surface area contributed by atoms with Crippen molar-refractivity contribution in [3.05, 3.63) is 71.9 Å². The Morgan fingerprint density at radius 3 is 2.78 bits per heavy atom. The van der Waals surface area contributed by atoms with Crippen LogP contribution < -0.4 is 10.2 Å². The topological polar surface area (TPSA) is 78.3 Å². The number of aromatic nitrogens is 2. The van der Waals surface area contributed by atoms with Gasteiger partial charge >= 0.3 is 0 Å². The predicted octanol–water partition coefficient (Wildman–Crippen LogP) is 5.53. The highest BCUT2D eigenvalue weighted by Crippen LogP contribution is 2.33. The van der Waals surface area contributed by atoms with Crippen LogP contribution in [0, 0.1) is 0 Å². The first kappa shape index (κ1) is 21.8. The third-order valence-corrected chi connectivity index (χ3v) is 5.76. The Labute approximate surface area is 192 Å². The summed E-state index contributed by atoms with van der Waals surface area (Å²) in [5.74, 6) is 0.614. The summed E-state index contributed by atoms with van der Waals surface area (Å²) in [6.07, 6.45) is 6.62. The molecule has 3 aromatic rings. The monoisotopic (exact) mass is 448 g/mol. The molecule has 0 aliphatic carbocycles. The molecule has 2 N–H and O–H groups in total. The molecular formula is C25H25ClN4O2. The molecule has 0 spiro atoms. The molecule has 0 radical (unpaired) electrons. The molecule has 1 aliphatic heterocycles. The molecule has 1 saturated heterocycles. The molecule has 1 aromatic heterocycles. The third-order valence-electron chi connectivity index (χ3n) is 5.48. The lowest BCUT2D eigenvalue weighted by Gasteiger charge is -2.29. The quantitative estimate of drug-likeness (QED) is 0.365. The van der Waals surface area contributed by atoms with Crippen molar-refractivity contribution in [2.75, 3.05) is 23.3 Å². The van der Waals surface area contributed by atoms with Gasteiger partial charge in [-0.3, -0.25) is 4.79 Å². The van der Waals surface area contributed by atoms with Crippen LogP contribution in [0.3, 0.4) is 0 Å². The fourth-order valence-corrected chi connectivity index (χ4v) is 4.05. The number of phenolic OH excluding ortho intramolecular Hbond substituents is 1. The second kappa shape index (κ2) is 9.83. The summed E-state index contributed by atoms with van der Waals surface area (Å²) in [5.41, 5.74) is 3.83. The molecule has 0 bridgehead atoms. The van der Waals surface area contributed by atoms with Gasteiger partial charge in [-0.15, -0.1) is 0 Å². The number of allylic oxidation sites excluding steroid dienone is 1. The maximum Gasteiger partial charge on any atom is 0.227 e. The number of ketones is 1. The largest absolute Gasteiger partial charge is 0.506 e. The van der Waals surface area contributed by atoms with Crippen LogP contribution in [0.4, 0.5) is 17.3 Å². The molecule has 164 valence electrons. The van der Waals surface area contributed by atoms with E-state index in [0.29, 0.717) is 16.7 Å². The summed E-state index contributed by atoms with van der Waals surface area (Å²) in [4.78, 5) is 22.8. The molecule has 0 unspecified atom stereocenters. The maximum atomic E-state index is 11.7. The number of rotatable bonds is 7. The van der Waals surface area contributed by atoms with E-state index >= 15 is 0 Å². The van der Waals surface area contributed by atoms with Crippen molar-refractivity contribution < 1.29 is 9.90 Å². The molecule has 2 aromatic carbocycles. The van der Waals surface area contributed by atoms with Crippen LogP contribution in [0.1, 0.15) is 24.8 Å². The Morgan fingerprint density at radius 1 is 1.19 bits per heavy atom. The first-order valence-electron chi connectivity index (χ1n) is 10.7. The number of halogens is 1. The van der Waals surface area contributed by atoms with Crippen molar-refractivity contribution in [3.8, 4) is 17.0 Å². The number of carbonyl (C=O) groups is 1. The van der Waals surface area contributed by atoms with Gasteiger partial charge in [-0.2, -0.15) is 0 Å². The first-order chi connectivity index (χ1) is 15.5. The Bertz CT molecular complexity index is 1140. The highest BCUT2D eigenvalue weighted by Gasteiger charge is 2.16. The average molecular weight is 449 g/mol. The second-order valence-corrected chi connectivity index (χ2v) is 8.22. The van der Waals surface area contributed by atoms with Crippen LogP contribution in [-0.2, 0) is 11.2 Å². The molecule has 7 heteroatoms. The summed E-state index contributed by atoms with van der Waals surface area (Å²) >= 11 is 6.39. The van der Waals surface area contributed by atoms with Gasteiger partial charge in [-0.05, 0) is 55.2 Å². The Balaban J connectivity index is 1.59. The number of nitrogens with one attached hydrogen (secondary N) is 1. The van der Waals surface area contributed by atoms with Crippen molar-refractivity contribution in [2.45, 2.75) is 25.7 Å². The normalized spacial score (nSPS) is 13.6. The number of hydrogen-bond donors (Lipinski definition) is 2. The van der Waals surface area contributed by atoms with Crippen molar-refractivity contribution in [3.63, 3.8) is 0 Å². The van der Waals surface area contributed by atoms with E-state index < -0.39 is 0 Å². The van der Waals surface area contributed by atoms with Crippen LogP contribution in [0.25, 0.3) is 11.3 Å². The van der Waals surface area contributed by atoms with E-state index in [1.807, 2.05) is 30.3 Å². The minimum Gasteiger partial charge on any atom is -0.506 e. The van der Waals surface area contributed by atoms with Gasteiger partial charge in [-0.1, -0.05) is 36.4 Å². The van der Waals surface area contributed by atoms with Crippen LogP contribution in [0.2, 0.25) is 5.02 Å². The summed E-state index contributed by atoms with van der Waals surface area (Å²) in [7, 11) is 0. The summed E-state index contributed by atoms with van der Waals surface area (Å²) < 4.78 is 0. The molecule has 0 atom stereocenters. The lowest BCUT2D eigenvalue weighted by molar-refractivity contribution is -0.114. The zero-order valence-corrected chi connectivity index (χ0v) is 18.5. The number of aromatic hydroxyl groups is 1. The van der Waals surface area contributed by atoms with Crippen LogP contribution >= 0.6 is 11.6 Å². The number of anilines is 3. The maximum absolute atomic E-state index is 11.7. The van der Waals surface area contributed by atoms with E-state index in [-0.39, 0.29) is 18.0 Å². The molecule has 1 fully saturated rings. The van der Waals surface area contributed by atoms with Crippen molar-refractivity contribution >= 4 is 34.7 Å². The molecule has 0 amide bonds. The second-order valence-electron chi connectivity index (χ2n) is 7.81. The smallest absolute Gasteiger partial charge is 0.227 e. The molecular weight excluding hydrogens is 424 g/mol. The number of hydrogen-bond acceptors (Lipinski definition) is 6. The molecule has 2 heterocycles. The molecule has 1 aliphatic rings. The number of benzene rings is 2. The highest BCUT2D eigenvalue weighted by atomic mass is 35.5.